The average Bonchev–Trinajstić information content (AvgIpc) is 2.78. The Balaban J connectivity index is 0.00000128. The molecule has 1 heterocycles. The van der Waals surface area contributed by atoms with Crippen LogP contribution in [0.5, 0.6) is 0 Å². The molecule has 0 radical (unpaired) electrons. The van der Waals surface area contributed by atoms with Crippen LogP contribution in [0.25, 0.3) is 0 Å². The normalized spacial score (nSPS) is 11.9. The lowest BCUT2D eigenvalue weighted by atomic mass is 10.4. The number of aromatic nitrogens is 1. The molecule has 6 heteroatoms. The van der Waals surface area contributed by atoms with Crippen molar-refractivity contribution in [2.75, 3.05) is 0 Å². The maximum Gasteiger partial charge on any atom is 0.232 e. The van der Waals surface area contributed by atoms with Crippen LogP contribution in [0.1, 0.15) is 5.01 Å². The average molecular weight is 275 g/mol. The van der Waals surface area contributed by atoms with Crippen molar-refractivity contribution < 1.29 is 4.55 Å². The van der Waals surface area contributed by atoms with E-state index in [0.717, 1.165) is 14.1 Å². The highest BCUT2D eigenvalue weighted by molar-refractivity contribution is 7.93. The number of rotatable bonds is 3. The summed E-state index contributed by atoms with van der Waals surface area (Å²) >= 11 is 0.272. The van der Waals surface area contributed by atoms with Crippen molar-refractivity contribution in [3.8, 4) is 0 Å². The maximum absolute atomic E-state index is 12.0. The van der Waals surface area contributed by atoms with Gasteiger partial charge in [-0.25, -0.2) is 4.98 Å². The molecule has 2 rings (SSSR count). The van der Waals surface area contributed by atoms with Gasteiger partial charge in [-0.3, -0.25) is 0 Å². The number of hydrogen-bond acceptors (Lipinski definition) is 4. The molecule has 0 bridgehead atoms. The lowest BCUT2D eigenvalue weighted by Gasteiger charge is -2.05. The molecule has 0 aliphatic carbocycles. The van der Waals surface area contributed by atoms with Crippen LogP contribution in [-0.4, -0.2) is 9.54 Å². The standard InChI is InChI=1S/C10H10N2OS2.ClH/c11-6-9-12-7-10(14-9)15(13)8-4-2-1-3-5-8;/h1-5,7H,6,11H2;1H. The second kappa shape index (κ2) is 6.22. The minimum absolute atomic E-state index is 0. The van der Waals surface area contributed by atoms with Gasteiger partial charge in [-0.15, -0.1) is 12.4 Å². The van der Waals surface area contributed by atoms with E-state index in [2.05, 4.69) is 4.98 Å². The van der Waals surface area contributed by atoms with Gasteiger partial charge in [-0.1, -0.05) is 29.5 Å². The minimum atomic E-state index is -1.13. The molecule has 0 saturated heterocycles. The summed E-state index contributed by atoms with van der Waals surface area (Å²) in [6, 6.07) is 9.34. The summed E-state index contributed by atoms with van der Waals surface area (Å²) in [5.74, 6) is 0. The van der Waals surface area contributed by atoms with Gasteiger partial charge in [0, 0.05) is 17.7 Å². The quantitative estimate of drug-likeness (QED) is 0.873. The van der Waals surface area contributed by atoms with E-state index in [4.69, 9.17) is 5.73 Å². The number of thiazole rings is 1. The van der Waals surface area contributed by atoms with Gasteiger partial charge < -0.3 is 10.3 Å². The molecule has 2 aromatic rings. The molecule has 1 atom stereocenters. The molecule has 86 valence electrons. The summed E-state index contributed by atoms with van der Waals surface area (Å²) in [7, 11) is 0. The van der Waals surface area contributed by atoms with Crippen molar-refractivity contribution in [2.45, 2.75) is 15.6 Å². The molecular weight excluding hydrogens is 264 g/mol. The first-order chi connectivity index (χ1) is 7.31. The zero-order valence-corrected chi connectivity index (χ0v) is 10.8. The minimum Gasteiger partial charge on any atom is -0.606 e. The first kappa shape index (κ1) is 13.5. The second-order valence-corrected chi connectivity index (χ2v) is 5.68. The van der Waals surface area contributed by atoms with Crippen LogP contribution in [0.15, 0.2) is 45.6 Å². The monoisotopic (exact) mass is 274 g/mol. The molecule has 16 heavy (non-hydrogen) atoms. The van der Waals surface area contributed by atoms with E-state index in [0.29, 0.717) is 6.54 Å². The fourth-order valence-corrected chi connectivity index (χ4v) is 3.33. The third kappa shape index (κ3) is 2.96. The number of nitrogens with two attached hydrogens (primary N) is 1. The van der Waals surface area contributed by atoms with Gasteiger partial charge >= 0.3 is 0 Å². The number of benzene rings is 1. The van der Waals surface area contributed by atoms with Crippen molar-refractivity contribution in [2.24, 2.45) is 5.73 Å². The molecule has 1 aromatic carbocycles. The van der Waals surface area contributed by atoms with E-state index in [1.165, 1.54) is 11.3 Å². The molecule has 0 amide bonds. The van der Waals surface area contributed by atoms with Gasteiger partial charge in [0.1, 0.15) is 5.01 Å². The Hall–Kier alpha value is -0.590. The Morgan fingerprint density at radius 2 is 2.00 bits per heavy atom. The van der Waals surface area contributed by atoms with E-state index in [1.807, 2.05) is 30.3 Å². The summed E-state index contributed by atoms with van der Waals surface area (Å²) in [4.78, 5) is 4.88. The third-order valence-electron chi connectivity index (χ3n) is 1.85. The largest absolute Gasteiger partial charge is 0.606 e. The van der Waals surface area contributed by atoms with Gasteiger partial charge in [0.05, 0.1) is 6.20 Å². The van der Waals surface area contributed by atoms with E-state index < -0.39 is 11.2 Å². The molecular formula is C10H11ClN2OS2. The van der Waals surface area contributed by atoms with Crippen molar-refractivity contribution in [1.82, 2.24) is 4.98 Å². The van der Waals surface area contributed by atoms with Crippen molar-refractivity contribution in [1.29, 1.82) is 0 Å². The Bertz CT molecular complexity index is 435. The highest BCUT2D eigenvalue weighted by atomic mass is 35.5. The first-order valence-corrected chi connectivity index (χ1v) is 6.39. The van der Waals surface area contributed by atoms with Crippen LogP contribution < -0.4 is 5.73 Å². The van der Waals surface area contributed by atoms with E-state index >= 15 is 0 Å². The van der Waals surface area contributed by atoms with Gasteiger partial charge in [0.2, 0.25) is 4.21 Å². The maximum atomic E-state index is 12.0. The van der Waals surface area contributed by atoms with Crippen LogP contribution >= 0.6 is 23.7 Å². The van der Waals surface area contributed by atoms with Crippen molar-refractivity contribution in [3.05, 3.63) is 41.5 Å². The second-order valence-electron chi connectivity index (χ2n) is 2.86. The fourth-order valence-electron chi connectivity index (χ4n) is 1.13. The number of hydrogen-bond donors (Lipinski definition) is 1. The van der Waals surface area contributed by atoms with Crippen LogP contribution in [-0.2, 0) is 17.7 Å². The summed E-state index contributed by atoms with van der Waals surface area (Å²) in [5, 5.41) is 0.814. The van der Waals surface area contributed by atoms with Gasteiger partial charge in [0.15, 0.2) is 4.90 Å². The number of nitrogens with zero attached hydrogens (tertiary/aromatic N) is 1. The molecule has 0 aliphatic rings. The van der Waals surface area contributed by atoms with E-state index in [9.17, 15) is 4.55 Å². The predicted octanol–water partition coefficient (Wildman–Crippen LogP) is 2.19. The predicted molar refractivity (Wildman–Crippen MR) is 68.4 cm³/mol. The summed E-state index contributed by atoms with van der Waals surface area (Å²) in [6.45, 7) is 0.399. The van der Waals surface area contributed by atoms with Crippen LogP contribution in [0.3, 0.4) is 0 Å². The van der Waals surface area contributed by atoms with Gasteiger partial charge in [-0.05, 0) is 12.1 Å². The van der Waals surface area contributed by atoms with E-state index in [-0.39, 0.29) is 12.4 Å². The summed E-state index contributed by atoms with van der Waals surface area (Å²) in [6.07, 6.45) is 1.63. The Morgan fingerprint density at radius 1 is 1.31 bits per heavy atom. The first-order valence-electron chi connectivity index (χ1n) is 4.43. The zero-order chi connectivity index (χ0) is 10.7. The molecule has 3 nitrogen and oxygen atoms in total. The van der Waals surface area contributed by atoms with Crippen molar-refractivity contribution >= 4 is 34.9 Å². The molecule has 2 N–H and O–H groups in total. The van der Waals surface area contributed by atoms with Gasteiger partial charge in [-0.2, -0.15) is 0 Å². The van der Waals surface area contributed by atoms with Crippen molar-refractivity contribution in [3.63, 3.8) is 0 Å². The van der Waals surface area contributed by atoms with Crippen LogP contribution in [0, 0.1) is 0 Å². The topological polar surface area (TPSA) is 62.0 Å². The summed E-state index contributed by atoms with van der Waals surface area (Å²) in [5.41, 5.74) is 5.45. The van der Waals surface area contributed by atoms with Crippen LogP contribution in [0.4, 0.5) is 0 Å². The Kier molecular flexibility index (Phi) is 5.24. The lowest BCUT2D eigenvalue weighted by Crippen LogP contribution is -1.98. The molecule has 0 spiro atoms. The summed E-state index contributed by atoms with van der Waals surface area (Å²) < 4.78 is 12.8. The lowest BCUT2D eigenvalue weighted by molar-refractivity contribution is 0.597. The SMILES string of the molecule is Cl.NCc1ncc([S+]([O-])c2ccccc2)s1. The molecule has 0 fully saturated rings. The highest BCUT2D eigenvalue weighted by Gasteiger charge is 2.17. The van der Waals surface area contributed by atoms with Gasteiger partial charge in [0.25, 0.3) is 0 Å². The smallest absolute Gasteiger partial charge is 0.232 e. The molecule has 1 unspecified atom stereocenters. The zero-order valence-electron chi connectivity index (χ0n) is 8.33. The Morgan fingerprint density at radius 3 is 2.56 bits per heavy atom. The molecule has 0 saturated carbocycles. The highest BCUT2D eigenvalue weighted by Crippen LogP contribution is 2.25. The fraction of sp³-hybridized carbons (Fsp3) is 0.100. The Labute approximate surface area is 107 Å². The third-order valence-corrected chi connectivity index (χ3v) is 4.54. The number of halogens is 1. The van der Waals surface area contributed by atoms with E-state index in [1.54, 1.807) is 6.20 Å². The molecule has 0 aliphatic heterocycles. The van der Waals surface area contributed by atoms with Crippen LogP contribution in [0.2, 0.25) is 0 Å². The molecule has 1 aromatic heterocycles.